The van der Waals surface area contributed by atoms with Gasteiger partial charge in [0.25, 0.3) is 5.91 Å². The lowest BCUT2D eigenvalue weighted by Crippen LogP contribution is -2.52. The van der Waals surface area contributed by atoms with Gasteiger partial charge >= 0.3 is 5.97 Å². The van der Waals surface area contributed by atoms with E-state index in [-0.39, 0.29) is 5.56 Å². The molecule has 102 valence electrons. The summed E-state index contributed by atoms with van der Waals surface area (Å²) >= 11 is 3.10. The number of nitrogens with one attached hydrogen (secondary N) is 1. The van der Waals surface area contributed by atoms with Gasteiger partial charge in [0.1, 0.15) is 11.4 Å². The van der Waals surface area contributed by atoms with Crippen molar-refractivity contribution >= 4 is 27.8 Å². The van der Waals surface area contributed by atoms with Gasteiger partial charge in [-0.25, -0.2) is 9.18 Å². The Kier molecular flexibility index (Phi) is 3.89. The largest absolute Gasteiger partial charge is 0.480 e. The van der Waals surface area contributed by atoms with Gasteiger partial charge in [0.2, 0.25) is 0 Å². The molecule has 2 N–H and O–H groups in total. The average Bonchev–Trinajstić information content (AvgIpc) is 2.77. The zero-order valence-electron chi connectivity index (χ0n) is 10.1. The standard InChI is InChI=1S/C13H13BrFNO3/c14-9-5-8(6-10(15)7-9)11(17)16-13(12(18)19)3-1-2-4-13/h5-7H,1-4H2,(H,16,17)(H,18,19). The fourth-order valence-electron chi connectivity index (χ4n) is 2.35. The quantitative estimate of drug-likeness (QED) is 0.896. The second-order valence-electron chi connectivity index (χ2n) is 4.71. The van der Waals surface area contributed by atoms with Gasteiger partial charge in [-0.3, -0.25) is 4.79 Å². The molecule has 0 radical (unpaired) electrons. The summed E-state index contributed by atoms with van der Waals surface area (Å²) in [5, 5.41) is 11.8. The molecule has 1 aliphatic rings. The van der Waals surface area contributed by atoms with Crippen molar-refractivity contribution in [2.45, 2.75) is 31.2 Å². The van der Waals surface area contributed by atoms with Gasteiger partial charge in [0.05, 0.1) is 0 Å². The van der Waals surface area contributed by atoms with Gasteiger partial charge < -0.3 is 10.4 Å². The first kappa shape index (κ1) is 14.0. The van der Waals surface area contributed by atoms with Gasteiger partial charge in [-0.2, -0.15) is 0 Å². The van der Waals surface area contributed by atoms with Gasteiger partial charge in [0.15, 0.2) is 0 Å². The Balaban J connectivity index is 2.22. The lowest BCUT2D eigenvalue weighted by Gasteiger charge is -2.25. The molecule has 0 aromatic heterocycles. The van der Waals surface area contributed by atoms with Crippen molar-refractivity contribution in [3.05, 3.63) is 34.1 Å². The van der Waals surface area contributed by atoms with Crippen molar-refractivity contribution in [1.82, 2.24) is 5.32 Å². The van der Waals surface area contributed by atoms with Crippen LogP contribution < -0.4 is 5.32 Å². The normalized spacial score (nSPS) is 17.2. The highest BCUT2D eigenvalue weighted by Crippen LogP contribution is 2.30. The highest BCUT2D eigenvalue weighted by molar-refractivity contribution is 9.10. The minimum absolute atomic E-state index is 0.111. The van der Waals surface area contributed by atoms with Crippen LogP contribution in [0.5, 0.6) is 0 Å². The minimum atomic E-state index is -1.21. The summed E-state index contributed by atoms with van der Waals surface area (Å²) in [4.78, 5) is 23.4. The first-order valence-electron chi connectivity index (χ1n) is 5.95. The monoisotopic (exact) mass is 329 g/mol. The Labute approximate surface area is 118 Å². The predicted octanol–water partition coefficient (Wildman–Crippen LogP) is 2.72. The lowest BCUT2D eigenvalue weighted by atomic mass is 9.97. The van der Waals surface area contributed by atoms with Crippen molar-refractivity contribution < 1.29 is 19.1 Å². The maximum Gasteiger partial charge on any atom is 0.329 e. The maximum absolute atomic E-state index is 13.2. The van der Waals surface area contributed by atoms with E-state index in [1.54, 1.807) is 0 Å². The molecule has 1 fully saturated rings. The summed E-state index contributed by atoms with van der Waals surface area (Å²) in [7, 11) is 0. The number of halogens is 2. The maximum atomic E-state index is 13.2. The number of carboxylic acid groups (broad SMARTS) is 1. The van der Waals surface area contributed by atoms with Gasteiger partial charge in [-0.05, 0) is 31.0 Å². The highest BCUT2D eigenvalue weighted by atomic mass is 79.9. The molecule has 6 heteroatoms. The summed E-state index contributed by atoms with van der Waals surface area (Å²) in [6.07, 6.45) is 2.34. The molecular weight excluding hydrogens is 317 g/mol. The van der Waals surface area contributed by atoms with E-state index in [1.165, 1.54) is 12.1 Å². The third kappa shape index (κ3) is 2.94. The Bertz CT molecular complexity index is 506. The van der Waals surface area contributed by atoms with E-state index in [1.807, 2.05) is 0 Å². The summed E-state index contributed by atoms with van der Waals surface area (Å²) < 4.78 is 13.7. The number of rotatable bonds is 3. The molecule has 1 aliphatic carbocycles. The Morgan fingerprint density at radius 1 is 1.26 bits per heavy atom. The van der Waals surface area contributed by atoms with Crippen LogP contribution in [-0.4, -0.2) is 22.5 Å². The van der Waals surface area contributed by atoms with Crippen molar-refractivity contribution in [3.63, 3.8) is 0 Å². The number of benzene rings is 1. The zero-order valence-corrected chi connectivity index (χ0v) is 11.7. The van der Waals surface area contributed by atoms with Gasteiger partial charge in [-0.15, -0.1) is 0 Å². The average molecular weight is 330 g/mol. The zero-order chi connectivity index (χ0) is 14.0. The molecule has 0 saturated heterocycles. The molecular formula is C13H13BrFNO3. The van der Waals surface area contributed by atoms with E-state index in [0.717, 1.165) is 18.9 Å². The minimum Gasteiger partial charge on any atom is -0.480 e. The Morgan fingerprint density at radius 2 is 1.89 bits per heavy atom. The number of carbonyl (C=O) groups is 2. The Morgan fingerprint density at radius 3 is 2.42 bits per heavy atom. The number of hydrogen-bond donors (Lipinski definition) is 2. The van der Waals surface area contributed by atoms with Crippen molar-refractivity contribution in [2.24, 2.45) is 0 Å². The van der Waals surface area contributed by atoms with Crippen LogP contribution >= 0.6 is 15.9 Å². The summed E-state index contributed by atoms with van der Waals surface area (Å²) in [6, 6.07) is 3.78. The SMILES string of the molecule is O=C(NC1(C(=O)O)CCCC1)c1cc(F)cc(Br)c1. The van der Waals surface area contributed by atoms with Crippen LogP contribution in [0.4, 0.5) is 4.39 Å². The van der Waals surface area contributed by atoms with Crippen LogP contribution in [0.1, 0.15) is 36.0 Å². The fraction of sp³-hybridized carbons (Fsp3) is 0.385. The second-order valence-corrected chi connectivity index (χ2v) is 5.62. The van der Waals surface area contributed by atoms with Gasteiger partial charge in [0, 0.05) is 10.0 Å². The van der Waals surface area contributed by atoms with Crippen LogP contribution in [-0.2, 0) is 4.79 Å². The molecule has 1 amide bonds. The van der Waals surface area contributed by atoms with E-state index in [0.29, 0.717) is 17.3 Å². The molecule has 0 bridgehead atoms. The number of carboxylic acids is 1. The number of carbonyl (C=O) groups excluding carboxylic acids is 1. The third-order valence-corrected chi connectivity index (χ3v) is 3.80. The highest BCUT2D eigenvalue weighted by Gasteiger charge is 2.42. The van der Waals surface area contributed by atoms with Crippen molar-refractivity contribution in [3.8, 4) is 0 Å². The lowest BCUT2D eigenvalue weighted by molar-refractivity contribution is -0.144. The van der Waals surface area contributed by atoms with E-state index in [2.05, 4.69) is 21.2 Å². The predicted molar refractivity (Wildman–Crippen MR) is 70.4 cm³/mol. The molecule has 0 unspecified atom stereocenters. The summed E-state index contributed by atoms with van der Waals surface area (Å²) in [6.45, 7) is 0. The molecule has 1 aromatic carbocycles. The smallest absolute Gasteiger partial charge is 0.329 e. The van der Waals surface area contributed by atoms with Crippen LogP contribution in [0.25, 0.3) is 0 Å². The number of amides is 1. The summed E-state index contributed by atoms with van der Waals surface area (Å²) in [5.41, 5.74) is -1.10. The number of hydrogen-bond acceptors (Lipinski definition) is 2. The van der Waals surface area contributed by atoms with Crippen LogP contribution in [0.3, 0.4) is 0 Å². The molecule has 0 heterocycles. The van der Waals surface area contributed by atoms with E-state index >= 15 is 0 Å². The summed E-state index contributed by atoms with van der Waals surface area (Å²) in [5.74, 6) is -2.14. The van der Waals surface area contributed by atoms with Gasteiger partial charge in [-0.1, -0.05) is 28.8 Å². The molecule has 0 spiro atoms. The molecule has 0 aliphatic heterocycles. The van der Waals surface area contributed by atoms with Crippen LogP contribution in [0.2, 0.25) is 0 Å². The molecule has 0 atom stereocenters. The van der Waals surface area contributed by atoms with E-state index in [4.69, 9.17) is 0 Å². The molecule has 2 rings (SSSR count). The van der Waals surface area contributed by atoms with Crippen molar-refractivity contribution in [2.75, 3.05) is 0 Å². The van der Waals surface area contributed by atoms with E-state index in [9.17, 15) is 19.1 Å². The third-order valence-electron chi connectivity index (χ3n) is 3.34. The molecule has 1 aromatic rings. The number of aliphatic carboxylic acids is 1. The topological polar surface area (TPSA) is 66.4 Å². The first-order chi connectivity index (χ1) is 8.93. The molecule has 4 nitrogen and oxygen atoms in total. The fourth-order valence-corrected chi connectivity index (χ4v) is 2.81. The Hall–Kier alpha value is -1.43. The van der Waals surface area contributed by atoms with Crippen LogP contribution in [0, 0.1) is 5.82 Å². The molecule has 19 heavy (non-hydrogen) atoms. The van der Waals surface area contributed by atoms with E-state index < -0.39 is 23.2 Å². The van der Waals surface area contributed by atoms with Crippen LogP contribution in [0.15, 0.2) is 22.7 Å². The van der Waals surface area contributed by atoms with Crippen molar-refractivity contribution in [1.29, 1.82) is 0 Å². The second kappa shape index (κ2) is 5.28. The molecule has 1 saturated carbocycles. The first-order valence-corrected chi connectivity index (χ1v) is 6.74.